The van der Waals surface area contributed by atoms with Crippen molar-refractivity contribution in [3.05, 3.63) is 0 Å². The number of rotatable bonds is 4. The molecule has 0 saturated heterocycles. The van der Waals surface area contributed by atoms with Crippen LogP contribution in [0.25, 0.3) is 0 Å². The molecule has 0 bridgehead atoms. The fourth-order valence-corrected chi connectivity index (χ4v) is 1.46. The molecular weight excluding hydrogens is 320 g/mol. The minimum absolute atomic E-state index is 0.476. The summed E-state index contributed by atoms with van der Waals surface area (Å²) in [5.74, 6) is -3.93. The van der Waals surface area contributed by atoms with Gasteiger partial charge in [0.25, 0.3) is 11.6 Å². The Labute approximate surface area is 134 Å². The second-order valence-electron chi connectivity index (χ2n) is 4.92. The van der Waals surface area contributed by atoms with Crippen molar-refractivity contribution in [3.63, 3.8) is 0 Å². The van der Waals surface area contributed by atoms with Crippen LogP contribution in [0.3, 0.4) is 0 Å². The number of esters is 3. The first-order chi connectivity index (χ1) is 9.67. The molecule has 0 atom stereocenters. The molecule has 0 unspecified atom stereocenters. The average Bonchev–Trinajstić information content (AvgIpc) is 2.06. The predicted molar refractivity (Wildman–Crippen MR) is 75.8 cm³/mol. The van der Waals surface area contributed by atoms with E-state index in [0.717, 1.165) is 0 Å². The van der Waals surface area contributed by atoms with Crippen LogP contribution in [0.1, 0.15) is 48.5 Å². The second kappa shape index (κ2) is 9.24. The van der Waals surface area contributed by atoms with Gasteiger partial charge in [-0.1, -0.05) is 0 Å². The lowest BCUT2D eigenvalue weighted by atomic mass is 10.4. The van der Waals surface area contributed by atoms with E-state index in [9.17, 15) is 19.2 Å². The van der Waals surface area contributed by atoms with Crippen molar-refractivity contribution in [1.29, 1.82) is 0 Å². The van der Waals surface area contributed by atoms with Crippen LogP contribution in [0.2, 0.25) is 0 Å². The van der Waals surface area contributed by atoms with Gasteiger partial charge in [-0.05, 0) is 0 Å². The SMILES string of the molecule is CC(=O)OC(C)(C)OC(=O)Cl.CC(=O)OC(C)(C)OC(C)=O. The van der Waals surface area contributed by atoms with E-state index in [1.807, 2.05) is 0 Å². The standard InChI is InChI=1S/C7H12O4.C6H9ClO4/c1-5(8)10-7(3,4)11-6(2)9;1-4(8)10-6(2,3)11-5(7)9/h1-4H3;1-3H3. The summed E-state index contributed by atoms with van der Waals surface area (Å²) in [6, 6.07) is 0. The molecule has 128 valence electrons. The fourth-order valence-electron chi connectivity index (χ4n) is 1.27. The maximum Gasteiger partial charge on any atom is 0.407 e. The van der Waals surface area contributed by atoms with Crippen LogP contribution in [0.4, 0.5) is 4.79 Å². The minimum Gasteiger partial charge on any atom is -0.423 e. The first-order valence-corrected chi connectivity index (χ1v) is 6.52. The molecule has 0 fully saturated rings. The van der Waals surface area contributed by atoms with Crippen molar-refractivity contribution in [2.75, 3.05) is 0 Å². The normalized spacial score (nSPS) is 10.5. The number of hydrogen-bond acceptors (Lipinski definition) is 8. The molecule has 0 saturated carbocycles. The first kappa shape index (κ1) is 22.5. The van der Waals surface area contributed by atoms with Crippen LogP contribution < -0.4 is 0 Å². The molecule has 0 aliphatic rings. The van der Waals surface area contributed by atoms with E-state index in [1.54, 1.807) is 0 Å². The average molecular weight is 341 g/mol. The van der Waals surface area contributed by atoms with Gasteiger partial charge in [-0.2, -0.15) is 0 Å². The van der Waals surface area contributed by atoms with Gasteiger partial charge in [0.15, 0.2) is 0 Å². The number of carbonyl (C=O) groups is 4. The molecular formula is C13H21ClO8. The third kappa shape index (κ3) is 16.2. The Morgan fingerprint density at radius 1 is 0.636 bits per heavy atom. The van der Waals surface area contributed by atoms with E-state index in [4.69, 9.17) is 11.6 Å². The van der Waals surface area contributed by atoms with Crippen LogP contribution in [-0.4, -0.2) is 34.9 Å². The third-order valence-corrected chi connectivity index (χ3v) is 1.57. The van der Waals surface area contributed by atoms with Gasteiger partial charge in [0.1, 0.15) is 0 Å². The molecule has 0 radical (unpaired) electrons. The van der Waals surface area contributed by atoms with Crippen molar-refractivity contribution in [3.8, 4) is 0 Å². The Morgan fingerprint density at radius 2 is 0.864 bits per heavy atom. The summed E-state index contributed by atoms with van der Waals surface area (Å²) in [6.45, 7) is 9.54. The number of hydrogen-bond donors (Lipinski definition) is 0. The molecule has 0 aromatic carbocycles. The summed E-state index contributed by atoms with van der Waals surface area (Å²) >= 11 is 4.89. The van der Waals surface area contributed by atoms with Gasteiger partial charge in [0, 0.05) is 60.1 Å². The van der Waals surface area contributed by atoms with Gasteiger partial charge in [-0.25, -0.2) is 4.79 Å². The summed E-state index contributed by atoms with van der Waals surface area (Å²) in [7, 11) is 0. The van der Waals surface area contributed by atoms with E-state index in [0.29, 0.717) is 0 Å². The first-order valence-electron chi connectivity index (χ1n) is 6.14. The van der Waals surface area contributed by atoms with Crippen LogP contribution in [0.15, 0.2) is 0 Å². The Kier molecular flexibility index (Phi) is 9.43. The number of halogens is 1. The molecule has 0 N–H and O–H groups in total. The van der Waals surface area contributed by atoms with Crippen LogP contribution in [0.5, 0.6) is 0 Å². The van der Waals surface area contributed by atoms with E-state index < -0.39 is 34.9 Å². The van der Waals surface area contributed by atoms with Gasteiger partial charge in [-0.15, -0.1) is 0 Å². The molecule has 0 rings (SSSR count). The maximum absolute atomic E-state index is 10.4. The topological polar surface area (TPSA) is 105 Å². The second-order valence-corrected chi connectivity index (χ2v) is 5.23. The van der Waals surface area contributed by atoms with Crippen molar-refractivity contribution < 1.29 is 38.1 Å². The largest absolute Gasteiger partial charge is 0.423 e. The zero-order valence-corrected chi connectivity index (χ0v) is 14.4. The van der Waals surface area contributed by atoms with Crippen LogP contribution in [0, 0.1) is 0 Å². The molecule has 0 aliphatic heterocycles. The predicted octanol–water partition coefficient (Wildman–Crippen LogP) is 2.51. The highest BCUT2D eigenvalue weighted by atomic mass is 35.5. The van der Waals surface area contributed by atoms with Gasteiger partial charge < -0.3 is 18.9 Å². The maximum atomic E-state index is 10.4. The van der Waals surface area contributed by atoms with Crippen molar-refractivity contribution in [1.82, 2.24) is 0 Å². The Hall–Kier alpha value is -1.83. The highest BCUT2D eigenvalue weighted by molar-refractivity contribution is 6.61. The quantitative estimate of drug-likeness (QED) is 0.436. The summed E-state index contributed by atoms with van der Waals surface area (Å²) in [4.78, 5) is 41.4. The van der Waals surface area contributed by atoms with E-state index >= 15 is 0 Å². The third-order valence-electron chi connectivity index (χ3n) is 1.49. The molecule has 0 aromatic heterocycles. The Morgan fingerprint density at radius 3 is 1.05 bits per heavy atom. The summed E-state index contributed by atoms with van der Waals surface area (Å²) < 4.78 is 18.3. The van der Waals surface area contributed by atoms with Gasteiger partial charge in [0.2, 0.25) is 0 Å². The summed E-state index contributed by atoms with van der Waals surface area (Å²) in [5, 5.41) is 0. The molecule has 0 heterocycles. The minimum atomic E-state index is -1.29. The summed E-state index contributed by atoms with van der Waals surface area (Å²) in [5.41, 5.74) is -1.00. The molecule has 9 heteroatoms. The molecule has 22 heavy (non-hydrogen) atoms. The molecule has 0 amide bonds. The number of carbonyl (C=O) groups excluding carboxylic acids is 4. The molecule has 8 nitrogen and oxygen atoms in total. The lowest BCUT2D eigenvalue weighted by Gasteiger charge is -2.23. The Bertz CT molecular complexity index is 352. The van der Waals surface area contributed by atoms with Crippen LogP contribution >= 0.6 is 11.6 Å². The van der Waals surface area contributed by atoms with E-state index in [1.165, 1.54) is 48.5 Å². The summed E-state index contributed by atoms with van der Waals surface area (Å²) in [6.07, 6.45) is 0. The highest BCUT2D eigenvalue weighted by Gasteiger charge is 2.25. The van der Waals surface area contributed by atoms with Crippen molar-refractivity contribution in [2.45, 2.75) is 60.0 Å². The monoisotopic (exact) mass is 340 g/mol. The van der Waals surface area contributed by atoms with E-state index in [-0.39, 0.29) is 0 Å². The van der Waals surface area contributed by atoms with Crippen LogP contribution in [-0.2, 0) is 33.3 Å². The molecule has 0 aliphatic carbocycles. The lowest BCUT2D eigenvalue weighted by molar-refractivity contribution is -0.213. The van der Waals surface area contributed by atoms with Gasteiger partial charge in [-0.3, -0.25) is 14.4 Å². The zero-order valence-electron chi connectivity index (χ0n) is 13.6. The molecule has 0 aromatic rings. The molecule has 0 spiro atoms. The van der Waals surface area contributed by atoms with Gasteiger partial charge in [0.05, 0.1) is 0 Å². The van der Waals surface area contributed by atoms with Crippen molar-refractivity contribution >= 4 is 34.9 Å². The van der Waals surface area contributed by atoms with Gasteiger partial charge >= 0.3 is 23.3 Å². The fraction of sp³-hybridized carbons (Fsp3) is 0.692. The van der Waals surface area contributed by atoms with E-state index in [2.05, 4.69) is 18.9 Å². The Balaban J connectivity index is 0. The lowest BCUT2D eigenvalue weighted by Crippen LogP contribution is -2.32. The zero-order chi connectivity index (χ0) is 18.1. The smallest absolute Gasteiger partial charge is 0.407 e. The van der Waals surface area contributed by atoms with Crippen molar-refractivity contribution in [2.24, 2.45) is 0 Å². The highest BCUT2D eigenvalue weighted by Crippen LogP contribution is 2.13. The number of ether oxygens (including phenoxy) is 4.